The van der Waals surface area contributed by atoms with Gasteiger partial charge in [-0.3, -0.25) is 9.36 Å². The second kappa shape index (κ2) is 4.43. The fourth-order valence-electron chi connectivity index (χ4n) is 1.19. The number of esters is 1. The molecule has 1 aliphatic rings. The predicted molar refractivity (Wildman–Crippen MR) is 50.0 cm³/mol. The van der Waals surface area contributed by atoms with Gasteiger partial charge in [-0.25, -0.2) is 0 Å². The Labute approximate surface area is 82.9 Å². The lowest BCUT2D eigenvalue weighted by molar-refractivity contribution is -0.137. The Hall–Kier alpha value is -0.380. The van der Waals surface area contributed by atoms with Crippen molar-refractivity contribution in [2.75, 3.05) is 6.61 Å². The van der Waals surface area contributed by atoms with Crippen molar-refractivity contribution in [1.29, 1.82) is 0 Å². The van der Waals surface area contributed by atoms with E-state index in [1.54, 1.807) is 6.92 Å². The van der Waals surface area contributed by atoms with Crippen LogP contribution in [0.1, 0.15) is 26.7 Å². The van der Waals surface area contributed by atoms with Crippen molar-refractivity contribution in [2.45, 2.75) is 38.5 Å². The highest BCUT2D eigenvalue weighted by atomic mass is 31.2. The monoisotopic (exact) mass is 222 g/mol. The van der Waals surface area contributed by atoms with E-state index in [0.29, 0.717) is 6.42 Å². The Kier molecular flexibility index (Phi) is 3.70. The number of carbonyl (C=O) groups excluding carboxylic acids is 1. The van der Waals surface area contributed by atoms with Crippen molar-refractivity contribution in [2.24, 2.45) is 0 Å². The molecule has 0 aromatic rings. The second-order valence-electron chi connectivity index (χ2n) is 3.36. The molecule has 3 unspecified atom stereocenters. The van der Waals surface area contributed by atoms with Gasteiger partial charge in [0, 0.05) is 6.42 Å². The van der Waals surface area contributed by atoms with Gasteiger partial charge in [-0.05, 0) is 13.3 Å². The van der Waals surface area contributed by atoms with Crippen LogP contribution < -0.4 is 0 Å². The van der Waals surface area contributed by atoms with Crippen LogP contribution in [-0.4, -0.2) is 29.2 Å². The molecule has 0 radical (unpaired) electrons. The first-order valence-electron chi connectivity index (χ1n) is 4.65. The zero-order valence-corrected chi connectivity index (χ0v) is 9.20. The zero-order chi connectivity index (χ0) is 10.8. The summed E-state index contributed by atoms with van der Waals surface area (Å²) in [6.07, 6.45) is 0.578. The summed E-state index contributed by atoms with van der Waals surface area (Å²) in [5.74, 6) is -0.626. The maximum absolute atomic E-state index is 11.6. The van der Waals surface area contributed by atoms with Gasteiger partial charge in [0.15, 0.2) is 5.66 Å². The third kappa shape index (κ3) is 2.56. The highest BCUT2D eigenvalue weighted by Gasteiger charge is 2.43. The van der Waals surface area contributed by atoms with Crippen LogP contribution in [0.2, 0.25) is 0 Å². The van der Waals surface area contributed by atoms with Crippen molar-refractivity contribution in [1.82, 2.24) is 0 Å². The van der Waals surface area contributed by atoms with E-state index >= 15 is 0 Å². The van der Waals surface area contributed by atoms with Crippen LogP contribution in [0.5, 0.6) is 0 Å². The Bertz CT molecular complexity index is 264. The molecule has 0 amide bonds. The number of ether oxygens (including phenoxy) is 1. The SMILES string of the molecule is CCC(C)OP(=O)(O)C1CCOC1=O. The number of carbonyl (C=O) groups is 1. The molecule has 0 aliphatic carbocycles. The quantitative estimate of drug-likeness (QED) is 0.573. The summed E-state index contributed by atoms with van der Waals surface area (Å²) in [6.45, 7) is 3.75. The van der Waals surface area contributed by atoms with Gasteiger partial charge in [0.25, 0.3) is 0 Å². The van der Waals surface area contributed by atoms with Crippen molar-refractivity contribution in [3.63, 3.8) is 0 Å². The fourth-order valence-corrected chi connectivity index (χ4v) is 2.77. The Morgan fingerprint density at radius 2 is 2.43 bits per heavy atom. The molecule has 1 N–H and O–H groups in total. The molecule has 1 heterocycles. The van der Waals surface area contributed by atoms with Crippen molar-refractivity contribution in [3.05, 3.63) is 0 Å². The smallest absolute Gasteiger partial charge is 0.342 e. The van der Waals surface area contributed by atoms with Crippen LogP contribution in [0.4, 0.5) is 0 Å². The van der Waals surface area contributed by atoms with E-state index < -0.39 is 19.2 Å². The van der Waals surface area contributed by atoms with Gasteiger partial charge < -0.3 is 14.2 Å². The van der Waals surface area contributed by atoms with E-state index in [4.69, 9.17) is 4.52 Å². The van der Waals surface area contributed by atoms with Gasteiger partial charge in [-0.15, -0.1) is 0 Å². The maximum atomic E-state index is 11.6. The number of hydrogen-bond acceptors (Lipinski definition) is 4. The molecule has 5 nitrogen and oxygen atoms in total. The average molecular weight is 222 g/mol. The van der Waals surface area contributed by atoms with E-state index in [-0.39, 0.29) is 19.1 Å². The molecule has 6 heteroatoms. The Morgan fingerprint density at radius 1 is 1.79 bits per heavy atom. The molecule has 1 aliphatic heterocycles. The molecule has 0 saturated carbocycles. The highest BCUT2D eigenvalue weighted by molar-refractivity contribution is 7.54. The maximum Gasteiger partial charge on any atom is 0.342 e. The lowest BCUT2D eigenvalue weighted by Gasteiger charge is -2.19. The largest absolute Gasteiger partial charge is 0.465 e. The van der Waals surface area contributed by atoms with Gasteiger partial charge in [-0.2, -0.15) is 0 Å². The first-order valence-corrected chi connectivity index (χ1v) is 6.29. The summed E-state index contributed by atoms with van der Waals surface area (Å²) in [7, 11) is -3.84. The molecule has 3 atom stereocenters. The minimum atomic E-state index is -3.84. The average Bonchev–Trinajstić information content (AvgIpc) is 2.51. The van der Waals surface area contributed by atoms with Gasteiger partial charge in [0.05, 0.1) is 12.7 Å². The normalized spacial score (nSPS) is 28.2. The molecule has 0 aromatic carbocycles. The van der Waals surface area contributed by atoms with Gasteiger partial charge in [-0.1, -0.05) is 6.92 Å². The van der Waals surface area contributed by atoms with Crippen LogP contribution in [0.15, 0.2) is 0 Å². The number of cyclic esters (lactones) is 1. The van der Waals surface area contributed by atoms with Crippen molar-refractivity contribution >= 4 is 13.6 Å². The van der Waals surface area contributed by atoms with Gasteiger partial charge >= 0.3 is 13.6 Å². The summed E-state index contributed by atoms with van der Waals surface area (Å²) in [4.78, 5) is 20.6. The molecule has 0 bridgehead atoms. The van der Waals surface area contributed by atoms with Crippen LogP contribution in [0.3, 0.4) is 0 Å². The van der Waals surface area contributed by atoms with Crippen LogP contribution >= 0.6 is 7.60 Å². The molecule has 1 fully saturated rings. The number of hydrogen-bond donors (Lipinski definition) is 1. The summed E-state index contributed by atoms with van der Waals surface area (Å²) in [6, 6.07) is 0. The molecular formula is C8H15O5P. The molecular weight excluding hydrogens is 207 g/mol. The molecule has 0 aromatic heterocycles. The van der Waals surface area contributed by atoms with E-state index in [9.17, 15) is 14.3 Å². The van der Waals surface area contributed by atoms with Gasteiger partial charge in [0.1, 0.15) is 0 Å². The third-order valence-electron chi connectivity index (χ3n) is 2.21. The van der Waals surface area contributed by atoms with Crippen molar-refractivity contribution < 1.29 is 23.5 Å². The molecule has 1 rings (SSSR count). The fraction of sp³-hybridized carbons (Fsp3) is 0.875. The van der Waals surface area contributed by atoms with Gasteiger partial charge in [0.2, 0.25) is 0 Å². The Morgan fingerprint density at radius 3 is 2.86 bits per heavy atom. The summed E-state index contributed by atoms with van der Waals surface area (Å²) < 4.78 is 21.2. The van der Waals surface area contributed by atoms with Crippen LogP contribution in [0.25, 0.3) is 0 Å². The van der Waals surface area contributed by atoms with E-state index in [1.807, 2.05) is 6.92 Å². The Balaban J connectivity index is 2.64. The minimum absolute atomic E-state index is 0.206. The van der Waals surface area contributed by atoms with E-state index in [1.165, 1.54) is 0 Å². The second-order valence-corrected chi connectivity index (χ2v) is 5.32. The van der Waals surface area contributed by atoms with E-state index in [2.05, 4.69) is 4.74 Å². The summed E-state index contributed by atoms with van der Waals surface area (Å²) in [5, 5.41) is 0. The summed E-state index contributed by atoms with van der Waals surface area (Å²) >= 11 is 0. The summed E-state index contributed by atoms with van der Waals surface area (Å²) in [5.41, 5.74) is -0.989. The first-order chi connectivity index (χ1) is 6.47. The first kappa shape index (κ1) is 11.7. The van der Waals surface area contributed by atoms with Crippen LogP contribution in [-0.2, 0) is 18.6 Å². The molecule has 1 saturated heterocycles. The minimum Gasteiger partial charge on any atom is -0.465 e. The molecule has 14 heavy (non-hydrogen) atoms. The lowest BCUT2D eigenvalue weighted by Crippen LogP contribution is -2.19. The zero-order valence-electron chi connectivity index (χ0n) is 8.30. The number of rotatable bonds is 4. The van der Waals surface area contributed by atoms with E-state index in [0.717, 1.165) is 0 Å². The standard InChI is InChI=1S/C8H15O5P/c1-3-6(2)13-14(10,11)7-4-5-12-8(7)9/h6-7H,3-5H2,1-2H3,(H,10,11). The molecule has 82 valence electrons. The lowest BCUT2D eigenvalue weighted by atomic mass is 10.3. The van der Waals surface area contributed by atoms with Crippen molar-refractivity contribution in [3.8, 4) is 0 Å². The molecule has 0 spiro atoms. The van der Waals surface area contributed by atoms with Crippen LogP contribution in [0, 0.1) is 0 Å². The topological polar surface area (TPSA) is 72.8 Å². The third-order valence-corrected chi connectivity index (χ3v) is 4.13. The predicted octanol–water partition coefficient (Wildman–Crippen LogP) is 1.30. The highest BCUT2D eigenvalue weighted by Crippen LogP contribution is 2.52.